The molecular formula is C25H22ClN3O3S. The number of nitrogens with one attached hydrogen (secondary N) is 2. The zero-order valence-corrected chi connectivity index (χ0v) is 19.5. The van der Waals surface area contributed by atoms with E-state index in [1.165, 1.54) is 17.8 Å². The van der Waals surface area contributed by atoms with Crippen LogP contribution in [0, 0.1) is 11.3 Å². The third kappa shape index (κ3) is 6.07. The van der Waals surface area contributed by atoms with Gasteiger partial charge in [0.15, 0.2) is 0 Å². The monoisotopic (exact) mass is 479 g/mol. The zero-order chi connectivity index (χ0) is 23.8. The Morgan fingerprint density at radius 1 is 1.27 bits per heavy atom. The summed E-state index contributed by atoms with van der Waals surface area (Å²) in [6.07, 6.45) is 1.49. The molecular weight excluding hydrogens is 458 g/mol. The molecule has 0 spiro atoms. The molecule has 0 bridgehead atoms. The van der Waals surface area contributed by atoms with Gasteiger partial charge in [0.25, 0.3) is 0 Å². The highest BCUT2D eigenvalue weighted by Gasteiger charge is 2.35. The van der Waals surface area contributed by atoms with Crippen molar-refractivity contribution >= 4 is 40.9 Å². The Bertz CT molecular complexity index is 1170. The lowest BCUT2D eigenvalue weighted by molar-refractivity contribution is -0.138. The minimum absolute atomic E-state index is 0.0606. The number of carbonyl (C=O) groups excluding carboxylic acids is 2. The Hall–Kier alpha value is -3.47. The van der Waals surface area contributed by atoms with Crippen LogP contribution in [0.1, 0.15) is 18.4 Å². The second-order valence-corrected chi connectivity index (χ2v) is 8.52. The largest absolute Gasteiger partial charge is 0.458 e. The third-order valence-electron chi connectivity index (χ3n) is 4.79. The van der Waals surface area contributed by atoms with Gasteiger partial charge >= 0.3 is 5.97 Å². The molecule has 6 nitrogen and oxygen atoms in total. The maximum Gasteiger partial charge on any atom is 0.337 e. The highest BCUT2D eigenvalue weighted by atomic mass is 35.5. The van der Waals surface area contributed by atoms with Gasteiger partial charge in [-0.3, -0.25) is 4.79 Å². The van der Waals surface area contributed by atoms with E-state index in [1.54, 1.807) is 31.2 Å². The molecule has 2 N–H and O–H groups in total. The average molecular weight is 480 g/mol. The van der Waals surface area contributed by atoms with E-state index < -0.39 is 11.9 Å². The van der Waals surface area contributed by atoms with Crippen molar-refractivity contribution in [3.05, 3.63) is 99.7 Å². The van der Waals surface area contributed by atoms with Crippen molar-refractivity contribution in [2.24, 2.45) is 0 Å². The zero-order valence-electron chi connectivity index (χ0n) is 17.9. The molecule has 1 heterocycles. The van der Waals surface area contributed by atoms with Crippen molar-refractivity contribution in [1.29, 1.82) is 5.26 Å². The van der Waals surface area contributed by atoms with Crippen molar-refractivity contribution in [1.82, 2.24) is 5.32 Å². The molecule has 2 aromatic carbocycles. The molecule has 1 atom stereocenters. The van der Waals surface area contributed by atoms with Crippen LogP contribution in [-0.4, -0.2) is 24.2 Å². The third-order valence-corrected chi connectivity index (χ3v) is 6.04. The van der Waals surface area contributed by atoms with Gasteiger partial charge in [-0.05, 0) is 30.7 Å². The molecule has 2 aromatic rings. The fourth-order valence-corrected chi connectivity index (χ4v) is 4.47. The number of hydrogen-bond donors (Lipinski definition) is 2. The van der Waals surface area contributed by atoms with Gasteiger partial charge < -0.3 is 15.4 Å². The molecule has 8 heteroatoms. The van der Waals surface area contributed by atoms with Crippen molar-refractivity contribution < 1.29 is 14.3 Å². The van der Waals surface area contributed by atoms with Crippen molar-refractivity contribution in [3.63, 3.8) is 0 Å². The molecule has 0 fully saturated rings. The summed E-state index contributed by atoms with van der Waals surface area (Å²) in [5, 5.41) is 17.0. The maximum atomic E-state index is 12.8. The summed E-state index contributed by atoms with van der Waals surface area (Å²) >= 11 is 7.16. The number of allylic oxidation sites excluding steroid dienone is 2. The number of ether oxygens (including phenoxy) is 1. The van der Waals surface area contributed by atoms with E-state index in [-0.39, 0.29) is 18.3 Å². The summed E-state index contributed by atoms with van der Waals surface area (Å²) in [6, 6.07) is 18.4. The van der Waals surface area contributed by atoms with Gasteiger partial charge in [0, 0.05) is 16.4 Å². The first-order valence-electron chi connectivity index (χ1n) is 10.1. The van der Waals surface area contributed by atoms with Crippen LogP contribution < -0.4 is 10.6 Å². The van der Waals surface area contributed by atoms with E-state index in [2.05, 4.69) is 23.3 Å². The van der Waals surface area contributed by atoms with E-state index in [0.29, 0.717) is 32.6 Å². The molecule has 0 aromatic heterocycles. The van der Waals surface area contributed by atoms with Gasteiger partial charge in [-0.2, -0.15) is 5.26 Å². The van der Waals surface area contributed by atoms with Crippen molar-refractivity contribution in [2.75, 3.05) is 17.7 Å². The summed E-state index contributed by atoms with van der Waals surface area (Å²) in [4.78, 5) is 25.3. The molecule has 1 amide bonds. The standard InChI is InChI=1S/C25H22ClN3O3S/c1-3-12-32-25(31)22-16(2)28-24(20(14-27)23(22)17-8-5-4-6-9-17)33-15-21(30)29-19-11-7-10-18(26)13-19/h3-11,13,23,28H,1,12,15H2,2H3,(H,29,30)/t23-/m1/s1. The van der Waals surface area contributed by atoms with E-state index in [4.69, 9.17) is 16.3 Å². The topological polar surface area (TPSA) is 91.2 Å². The average Bonchev–Trinajstić information content (AvgIpc) is 2.81. The lowest BCUT2D eigenvalue weighted by Crippen LogP contribution is -2.29. The highest BCUT2D eigenvalue weighted by Crippen LogP contribution is 2.40. The highest BCUT2D eigenvalue weighted by molar-refractivity contribution is 8.03. The van der Waals surface area contributed by atoms with Gasteiger partial charge in [0.1, 0.15) is 6.61 Å². The van der Waals surface area contributed by atoms with Crippen LogP contribution in [-0.2, 0) is 14.3 Å². The van der Waals surface area contributed by atoms with Gasteiger partial charge in [-0.25, -0.2) is 4.79 Å². The summed E-state index contributed by atoms with van der Waals surface area (Å²) in [5.41, 5.74) is 2.63. The van der Waals surface area contributed by atoms with Gasteiger partial charge in [-0.1, -0.05) is 72.4 Å². The number of anilines is 1. The summed E-state index contributed by atoms with van der Waals surface area (Å²) in [5.74, 6) is -1.33. The number of dihydropyridines is 1. The minimum atomic E-state index is -0.617. The predicted molar refractivity (Wildman–Crippen MR) is 131 cm³/mol. The van der Waals surface area contributed by atoms with E-state index >= 15 is 0 Å². The quantitative estimate of drug-likeness (QED) is 0.402. The maximum absolute atomic E-state index is 12.8. The first-order valence-corrected chi connectivity index (χ1v) is 11.4. The Labute approximate surface area is 202 Å². The van der Waals surface area contributed by atoms with Crippen LogP contribution in [0.15, 0.2) is 89.1 Å². The molecule has 1 aliphatic rings. The number of nitrogens with zero attached hydrogens (tertiary/aromatic N) is 1. The second-order valence-electron chi connectivity index (χ2n) is 7.10. The van der Waals surface area contributed by atoms with E-state index in [0.717, 1.165) is 5.56 Å². The normalized spacial score (nSPS) is 15.4. The Morgan fingerprint density at radius 2 is 2.03 bits per heavy atom. The van der Waals surface area contributed by atoms with Crippen molar-refractivity contribution in [2.45, 2.75) is 12.8 Å². The lowest BCUT2D eigenvalue weighted by Gasteiger charge is -2.29. The molecule has 1 aliphatic heterocycles. The van der Waals surface area contributed by atoms with Crippen LogP contribution in [0.4, 0.5) is 5.69 Å². The number of nitriles is 1. The fourth-order valence-electron chi connectivity index (χ4n) is 3.39. The Balaban J connectivity index is 1.87. The van der Waals surface area contributed by atoms with Crippen LogP contribution in [0.5, 0.6) is 0 Å². The van der Waals surface area contributed by atoms with Gasteiger partial charge in [0.05, 0.1) is 33.9 Å². The number of amides is 1. The van der Waals surface area contributed by atoms with Gasteiger partial charge in [0.2, 0.25) is 5.91 Å². The first kappa shape index (κ1) is 24.2. The van der Waals surface area contributed by atoms with Crippen molar-refractivity contribution in [3.8, 4) is 6.07 Å². The predicted octanol–water partition coefficient (Wildman–Crippen LogP) is 5.14. The molecule has 3 rings (SSSR count). The number of benzene rings is 2. The lowest BCUT2D eigenvalue weighted by atomic mass is 9.82. The van der Waals surface area contributed by atoms with E-state index in [1.807, 2.05) is 30.3 Å². The molecule has 0 unspecified atom stereocenters. The fraction of sp³-hybridized carbons (Fsp3) is 0.160. The molecule has 33 heavy (non-hydrogen) atoms. The van der Waals surface area contributed by atoms with Crippen LogP contribution in [0.3, 0.4) is 0 Å². The van der Waals surface area contributed by atoms with Crippen LogP contribution >= 0.6 is 23.4 Å². The molecule has 0 saturated heterocycles. The summed E-state index contributed by atoms with van der Waals surface area (Å²) in [6.45, 7) is 5.39. The Morgan fingerprint density at radius 3 is 2.70 bits per heavy atom. The number of carbonyl (C=O) groups is 2. The van der Waals surface area contributed by atoms with Crippen LogP contribution in [0.25, 0.3) is 0 Å². The number of rotatable bonds is 8. The molecule has 0 radical (unpaired) electrons. The summed E-state index contributed by atoms with van der Waals surface area (Å²) in [7, 11) is 0. The molecule has 168 valence electrons. The first-order chi connectivity index (χ1) is 15.9. The van der Waals surface area contributed by atoms with Gasteiger partial charge in [-0.15, -0.1) is 0 Å². The van der Waals surface area contributed by atoms with Crippen LogP contribution in [0.2, 0.25) is 5.02 Å². The second kappa shape index (κ2) is 11.4. The smallest absolute Gasteiger partial charge is 0.337 e. The summed E-state index contributed by atoms with van der Waals surface area (Å²) < 4.78 is 5.29. The van der Waals surface area contributed by atoms with E-state index in [9.17, 15) is 14.9 Å². The minimum Gasteiger partial charge on any atom is -0.458 e. The number of hydrogen-bond acceptors (Lipinski definition) is 6. The number of esters is 1. The molecule has 0 saturated carbocycles. The molecule has 0 aliphatic carbocycles. The SMILES string of the molecule is C=CCOC(=O)C1=C(C)NC(SCC(=O)Nc2cccc(Cl)c2)=C(C#N)[C@H]1c1ccccc1. The Kier molecular flexibility index (Phi) is 8.36. The number of thioether (sulfide) groups is 1. The number of halogens is 1.